The maximum absolute atomic E-state index is 12.5. The van der Waals surface area contributed by atoms with Crippen LogP contribution in [0.1, 0.15) is 105 Å². The highest BCUT2D eigenvalue weighted by Gasteiger charge is 2.46. The lowest BCUT2D eigenvalue weighted by molar-refractivity contribution is -0.162. The van der Waals surface area contributed by atoms with Crippen LogP contribution in [0.4, 0.5) is 0 Å². The summed E-state index contributed by atoms with van der Waals surface area (Å²) < 4.78 is 11.3. The standard InChI is InChI=1S/C25H42O4/c1-6-10-19(3)28-22(26)15-16-23(27)29-25(17-8-9-18-25)21-13-11-20(12-14-21)24(4,5)7-2/h15-16,19-21H,6-14,17-18H2,1-5H3/b16-15+. The normalized spacial score (nSPS) is 25.7. The predicted molar refractivity (Wildman–Crippen MR) is 116 cm³/mol. The molecule has 1 unspecified atom stereocenters. The van der Waals surface area contributed by atoms with Crippen molar-refractivity contribution in [2.45, 2.75) is 117 Å². The Morgan fingerprint density at radius 2 is 1.62 bits per heavy atom. The largest absolute Gasteiger partial charge is 0.460 e. The molecule has 4 nitrogen and oxygen atoms in total. The number of hydrogen-bond donors (Lipinski definition) is 0. The summed E-state index contributed by atoms with van der Waals surface area (Å²) in [5.74, 6) is 0.342. The van der Waals surface area contributed by atoms with Gasteiger partial charge in [0.1, 0.15) is 5.60 Å². The predicted octanol–water partition coefficient (Wildman–Crippen LogP) is 6.37. The number of carbonyl (C=O) groups excluding carboxylic acids is 2. The molecule has 0 aliphatic heterocycles. The van der Waals surface area contributed by atoms with Gasteiger partial charge in [-0.1, -0.05) is 40.5 Å². The zero-order valence-electron chi connectivity index (χ0n) is 19.3. The summed E-state index contributed by atoms with van der Waals surface area (Å²) in [6.07, 6.45) is 14.2. The Balaban J connectivity index is 1.93. The third kappa shape index (κ3) is 6.58. The molecule has 0 radical (unpaired) electrons. The molecule has 1 atom stereocenters. The van der Waals surface area contributed by atoms with Gasteiger partial charge in [-0.15, -0.1) is 0 Å². The summed E-state index contributed by atoms with van der Waals surface area (Å²) in [6, 6.07) is 0. The van der Waals surface area contributed by atoms with E-state index in [0.29, 0.717) is 11.3 Å². The van der Waals surface area contributed by atoms with E-state index >= 15 is 0 Å². The number of carbonyl (C=O) groups is 2. The van der Waals surface area contributed by atoms with Crippen molar-refractivity contribution in [1.29, 1.82) is 0 Å². The smallest absolute Gasteiger partial charge is 0.331 e. The van der Waals surface area contributed by atoms with Crippen molar-refractivity contribution in [2.75, 3.05) is 0 Å². The molecule has 0 aromatic heterocycles. The van der Waals surface area contributed by atoms with Crippen molar-refractivity contribution in [3.63, 3.8) is 0 Å². The van der Waals surface area contributed by atoms with Gasteiger partial charge in [0.2, 0.25) is 0 Å². The lowest BCUT2D eigenvalue weighted by Crippen LogP contribution is -2.43. The highest BCUT2D eigenvalue weighted by Crippen LogP contribution is 2.50. The monoisotopic (exact) mass is 406 g/mol. The van der Waals surface area contributed by atoms with E-state index in [1.807, 2.05) is 6.92 Å². The minimum Gasteiger partial charge on any atom is -0.460 e. The number of rotatable bonds is 9. The van der Waals surface area contributed by atoms with Crippen molar-refractivity contribution in [3.05, 3.63) is 12.2 Å². The Bertz CT molecular complexity index is 563. The van der Waals surface area contributed by atoms with E-state index in [0.717, 1.165) is 57.3 Å². The van der Waals surface area contributed by atoms with Crippen LogP contribution in [0, 0.1) is 17.3 Å². The second-order valence-corrected chi connectivity index (χ2v) is 9.95. The minimum atomic E-state index is -0.467. The molecule has 2 saturated carbocycles. The average Bonchev–Trinajstić information content (AvgIpc) is 3.16. The summed E-state index contributed by atoms with van der Waals surface area (Å²) in [7, 11) is 0. The van der Waals surface area contributed by atoms with E-state index in [2.05, 4.69) is 27.7 Å². The number of esters is 2. The van der Waals surface area contributed by atoms with E-state index in [9.17, 15) is 9.59 Å². The Kier molecular flexibility index (Phi) is 8.78. The topological polar surface area (TPSA) is 52.6 Å². The van der Waals surface area contributed by atoms with E-state index in [1.54, 1.807) is 0 Å². The Morgan fingerprint density at radius 1 is 1.03 bits per heavy atom. The molecule has 0 aromatic carbocycles. The molecule has 2 fully saturated rings. The Morgan fingerprint density at radius 3 is 2.17 bits per heavy atom. The fraction of sp³-hybridized carbons (Fsp3) is 0.840. The third-order valence-corrected chi connectivity index (χ3v) is 7.61. The molecule has 0 heterocycles. The van der Waals surface area contributed by atoms with Crippen LogP contribution < -0.4 is 0 Å². The third-order valence-electron chi connectivity index (χ3n) is 7.61. The van der Waals surface area contributed by atoms with Gasteiger partial charge in [-0.3, -0.25) is 0 Å². The summed E-state index contributed by atoms with van der Waals surface area (Å²) in [6.45, 7) is 11.0. The maximum atomic E-state index is 12.5. The number of ether oxygens (including phenoxy) is 2. The van der Waals surface area contributed by atoms with Gasteiger partial charge < -0.3 is 9.47 Å². The molecule has 0 saturated heterocycles. The highest BCUT2D eigenvalue weighted by molar-refractivity contribution is 5.91. The highest BCUT2D eigenvalue weighted by atomic mass is 16.6. The van der Waals surface area contributed by atoms with Crippen LogP contribution in [0.3, 0.4) is 0 Å². The fourth-order valence-electron chi connectivity index (χ4n) is 5.33. The molecular formula is C25H42O4. The molecule has 0 amide bonds. The summed E-state index contributed by atoms with van der Waals surface area (Å²) >= 11 is 0. The molecule has 2 rings (SSSR count). The van der Waals surface area contributed by atoms with Crippen molar-refractivity contribution in [2.24, 2.45) is 17.3 Å². The van der Waals surface area contributed by atoms with Crippen LogP contribution in [0.5, 0.6) is 0 Å². The van der Waals surface area contributed by atoms with Gasteiger partial charge in [0.05, 0.1) is 6.10 Å². The first-order valence-corrected chi connectivity index (χ1v) is 11.8. The fourth-order valence-corrected chi connectivity index (χ4v) is 5.33. The van der Waals surface area contributed by atoms with Crippen LogP contribution in [-0.4, -0.2) is 23.6 Å². The molecule has 4 heteroatoms. The average molecular weight is 407 g/mol. The Hall–Kier alpha value is -1.32. The van der Waals surface area contributed by atoms with Crippen molar-refractivity contribution < 1.29 is 19.1 Å². The molecule has 0 N–H and O–H groups in total. The maximum Gasteiger partial charge on any atom is 0.331 e. The van der Waals surface area contributed by atoms with Gasteiger partial charge in [-0.05, 0) is 82.0 Å². The van der Waals surface area contributed by atoms with Gasteiger partial charge in [-0.25, -0.2) is 9.59 Å². The molecule has 2 aliphatic carbocycles. The molecule has 0 aromatic rings. The van der Waals surface area contributed by atoms with Crippen LogP contribution in [-0.2, 0) is 19.1 Å². The summed E-state index contributed by atoms with van der Waals surface area (Å²) in [4.78, 5) is 24.4. The van der Waals surface area contributed by atoms with Crippen LogP contribution in [0.25, 0.3) is 0 Å². The van der Waals surface area contributed by atoms with Gasteiger partial charge in [0, 0.05) is 12.2 Å². The first kappa shape index (κ1) is 24.0. The molecular weight excluding hydrogens is 364 g/mol. The van der Waals surface area contributed by atoms with Gasteiger partial charge in [0.15, 0.2) is 0 Å². The van der Waals surface area contributed by atoms with Gasteiger partial charge >= 0.3 is 11.9 Å². The van der Waals surface area contributed by atoms with Crippen molar-refractivity contribution in [1.82, 2.24) is 0 Å². The van der Waals surface area contributed by atoms with E-state index in [4.69, 9.17) is 9.47 Å². The first-order valence-electron chi connectivity index (χ1n) is 11.8. The van der Waals surface area contributed by atoms with E-state index in [-0.39, 0.29) is 11.7 Å². The first-order chi connectivity index (χ1) is 13.7. The molecule has 29 heavy (non-hydrogen) atoms. The van der Waals surface area contributed by atoms with Crippen molar-refractivity contribution in [3.8, 4) is 0 Å². The Labute approximate surface area is 177 Å². The summed E-state index contributed by atoms with van der Waals surface area (Å²) in [5, 5.41) is 0. The van der Waals surface area contributed by atoms with Crippen LogP contribution >= 0.6 is 0 Å². The van der Waals surface area contributed by atoms with E-state index in [1.165, 1.54) is 31.4 Å². The minimum absolute atomic E-state index is 0.128. The van der Waals surface area contributed by atoms with Gasteiger partial charge in [-0.2, -0.15) is 0 Å². The lowest BCUT2D eigenvalue weighted by Gasteiger charge is -2.44. The summed E-state index contributed by atoms with van der Waals surface area (Å²) in [5.41, 5.74) is 0.0602. The van der Waals surface area contributed by atoms with E-state index < -0.39 is 11.9 Å². The van der Waals surface area contributed by atoms with Crippen LogP contribution in [0.15, 0.2) is 12.2 Å². The number of hydrogen-bond acceptors (Lipinski definition) is 4. The van der Waals surface area contributed by atoms with Crippen LogP contribution in [0.2, 0.25) is 0 Å². The zero-order chi connectivity index (χ0) is 21.5. The second kappa shape index (κ2) is 10.6. The van der Waals surface area contributed by atoms with Gasteiger partial charge in [0.25, 0.3) is 0 Å². The molecule has 0 bridgehead atoms. The molecule has 2 aliphatic rings. The SMILES string of the molecule is CCCC(C)OC(=O)/C=C/C(=O)OC1(C2CCC(C(C)(C)CC)CC2)CCCC1. The quantitative estimate of drug-likeness (QED) is 0.329. The lowest BCUT2D eigenvalue weighted by atomic mass is 9.64. The molecule has 0 spiro atoms. The van der Waals surface area contributed by atoms with Crippen molar-refractivity contribution >= 4 is 11.9 Å². The second-order valence-electron chi connectivity index (χ2n) is 9.95. The molecule has 166 valence electrons. The zero-order valence-corrected chi connectivity index (χ0v) is 19.3.